The third-order valence-corrected chi connectivity index (χ3v) is 4.97. The van der Waals surface area contributed by atoms with Crippen LogP contribution >= 0.6 is 0 Å². The highest BCUT2D eigenvalue weighted by Gasteiger charge is 2.63. The maximum Gasteiger partial charge on any atom is 0.438 e. The second-order valence-electron chi connectivity index (χ2n) is 6.79. The summed E-state index contributed by atoms with van der Waals surface area (Å²) in [7, 11) is 0. The first-order valence-corrected chi connectivity index (χ1v) is 8.55. The minimum Gasteiger partial charge on any atom is -0.362 e. The van der Waals surface area contributed by atoms with E-state index in [2.05, 4.69) is 5.10 Å². The van der Waals surface area contributed by atoms with Crippen LogP contribution in [0.2, 0.25) is 0 Å². The van der Waals surface area contributed by atoms with Gasteiger partial charge in [0.05, 0.1) is 6.42 Å². The summed E-state index contributed by atoms with van der Waals surface area (Å²) >= 11 is 0. The normalized spacial score (nSPS) is 25.1. The van der Waals surface area contributed by atoms with E-state index in [1.165, 1.54) is 0 Å². The summed E-state index contributed by atoms with van der Waals surface area (Å²) in [4.78, 5) is 12.5. The van der Waals surface area contributed by atoms with E-state index in [1.807, 2.05) is 0 Å². The van der Waals surface area contributed by atoms with Gasteiger partial charge < -0.3 is 5.11 Å². The molecule has 1 saturated carbocycles. The molecule has 1 fully saturated rings. The number of benzene rings is 1. The quantitative estimate of drug-likeness (QED) is 0.901. The predicted molar refractivity (Wildman–Crippen MR) is 86.6 cm³/mol. The van der Waals surface area contributed by atoms with E-state index in [0.29, 0.717) is 11.3 Å². The summed E-state index contributed by atoms with van der Waals surface area (Å²) < 4.78 is 40.6. The van der Waals surface area contributed by atoms with Gasteiger partial charge in [-0.1, -0.05) is 49.6 Å². The number of amides is 1. The number of carbonyl (C=O) groups is 1. The highest BCUT2D eigenvalue weighted by atomic mass is 19.4. The molecule has 25 heavy (non-hydrogen) atoms. The van der Waals surface area contributed by atoms with Gasteiger partial charge in [0.1, 0.15) is 0 Å². The second-order valence-corrected chi connectivity index (χ2v) is 6.79. The Morgan fingerprint density at radius 2 is 1.84 bits per heavy atom. The number of nitrogens with zero attached hydrogens (tertiary/aromatic N) is 2. The number of hydrogen-bond donors (Lipinski definition) is 1. The van der Waals surface area contributed by atoms with E-state index < -0.39 is 24.2 Å². The molecule has 0 saturated heterocycles. The number of hydrazone groups is 1. The van der Waals surface area contributed by atoms with Crippen LogP contribution in [0.4, 0.5) is 13.2 Å². The lowest BCUT2D eigenvalue weighted by molar-refractivity contribution is -0.302. The van der Waals surface area contributed by atoms with Crippen molar-refractivity contribution >= 4 is 11.6 Å². The number of rotatable bonds is 3. The second kappa shape index (κ2) is 6.78. The van der Waals surface area contributed by atoms with Gasteiger partial charge in [0.25, 0.3) is 5.72 Å². The Morgan fingerprint density at radius 3 is 2.44 bits per heavy atom. The van der Waals surface area contributed by atoms with Gasteiger partial charge in [0.15, 0.2) is 0 Å². The van der Waals surface area contributed by atoms with Gasteiger partial charge in [-0.05, 0) is 24.3 Å². The predicted octanol–water partition coefficient (Wildman–Crippen LogP) is 3.65. The lowest BCUT2D eigenvalue weighted by Gasteiger charge is -2.32. The lowest BCUT2D eigenvalue weighted by Crippen LogP contribution is -2.57. The van der Waals surface area contributed by atoms with Crippen molar-refractivity contribution in [3.8, 4) is 0 Å². The van der Waals surface area contributed by atoms with Crippen LogP contribution in [0.1, 0.15) is 44.1 Å². The van der Waals surface area contributed by atoms with Crippen LogP contribution in [-0.2, 0) is 11.2 Å². The Hall–Kier alpha value is -1.89. The number of hydrogen-bond acceptors (Lipinski definition) is 3. The van der Waals surface area contributed by atoms with Crippen molar-refractivity contribution in [1.29, 1.82) is 0 Å². The summed E-state index contributed by atoms with van der Waals surface area (Å²) in [6.07, 6.45) is -1.40. The van der Waals surface area contributed by atoms with Gasteiger partial charge in [-0.25, -0.2) is 0 Å². The Bertz CT molecular complexity index is 654. The summed E-state index contributed by atoms with van der Waals surface area (Å²) in [6.45, 7) is 0. The van der Waals surface area contributed by atoms with Crippen LogP contribution in [0.25, 0.3) is 0 Å². The molecule has 136 valence electrons. The molecule has 0 spiro atoms. The molecule has 0 radical (unpaired) electrons. The van der Waals surface area contributed by atoms with E-state index in [1.54, 1.807) is 30.3 Å². The molecule has 1 aromatic rings. The number of alkyl halides is 3. The molecule has 1 N–H and O–H groups in total. The van der Waals surface area contributed by atoms with Crippen molar-refractivity contribution in [2.75, 3.05) is 0 Å². The zero-order valence-electron chi connectivity index (χ0n) is 13.8. The summed E-state index contributed by atoms with van der Waals surface area (Å²) in [6, 6.07) is 8.49. The summed E-state index contributed by atoms with van der Waals surface area (Å²) in [5.41, 5.74) is -2.37. The van der Waals surface area contributed by atoms with E-state index >= 15 is 0 Å². The number of halogens is 3. The molecular weight excluding hydrogens is 333 g/mol. The monoisotopic (exact) mass is 354 g/mol. The standard InChI is InChI=1S/C18H21F3N2O2/c19-18(20,21)17(25)12-15(14-9-5-2-6-10-14)22-23(17)16(24)11-13-7-3-1-4-8-13/h1,3-4,7-8,14,25H,2,5-6,9-12H2. The largest absolute Gasteiger partial charge is 0.438 e. The molecule has 0 aromatic heterocycles. The molecular formula is C18H21F3N2O2. The van der Waals surface area contributed by atoms with Crippen LogP contribution < -0.4 is 0 Å². The van der Waals surface area contributed by atoms with Crippen molar-refractivity contribution in [2.45, 2.75) is 56.8 Å². The van der Waals surface area contributed by atoms with Crippen molar-refractivity contribution in [3.05, 3.63) is 35.9 Å². The molecule has 0 bridgehead atoms. The van der Waals surface area contributed by atoms with Crippen LogP contribution in [0.3, 0.4) is 0 Å². The minimum absolute atomic E-state index is 0.0860. The van der Waals surface area contributed by atoms with E-state index in [0.717, 1.165) is 32.1 Å². The molecule has 1 amide bonds. The van der Waals surface area contributed by atoms with E-state index in [4.69, 9.17) is 0 Å². The highest BCUT2D eigenvalue weighted by Crippen LogP contribution is 2.43. The van der Waals surface area contributed by atoms with Crippen molar-refractivity contribution in [1.82, 2.24) is 5.01 Å². The first-order chi connectivity index (χ1) is 11.8. The molecule has 7 heteroatoms. The van der Waals surface area contributed by atoms with Gasteiger partial charge in [0.2, 0.25) is 5.91 Å². The smallest absolute Gasteiger partial charge is 0.362 e. The van der Waals surface area contributed by atoms with Crippen molar-refractivity contribution in [2.24, 2.45) is 11.0 Å². The Labute approximate surface area is 144 Å². The Kier molecular flexibility index (Phi) is 4.86. The first-order valence-electron chi connectivity index (χ1n) is 8.55. The molecule has 4 nitrogen and oxygen atoms in total. The minimum atomic E-state index is -4.96. The average Bonchev–Trinajstić information content (AvgIpc) is 2.96. The van der Waals surface area contributed by atoms with Gasteiger partial charge >= 0.3 is 6.18 Å². The average molecular weight is 354 g/mol. The number of aliphatic hydroxyl groups is 1. The van der Waals surface area contributed by atoms with E-state index in [9.17, 15) is 23.1 Å². The third-order valence-electron chi connectivity index (χ3n) is 4.97. The topological polar surface area (TPSA) is 52.9 Å². The van der Waals surface area contributed by atoms with Crippen molar-refractivity contribution in [3.63, 3.8) is 0 Å². The zero-order valence-corrected chi connectivity index (χ0v) is 13.8. The molecule has 2 aliphatic rings. The van der Waals surface area contributed by atoms with Crippen molar-refractivity contribution < 1.29 is 23.1 Å². The fraction of sp³-hybridized carbons (Fsp3) is 0.556. The molecule has 1 atom stereocenters. The lowest BCUT2D eigenvalue weighted by atomic mass is 9.83. The third kappa shape index (κ3) is 3.56. The van der Waals surface area contributed by atoms with Crippen LogP contribution in [0.5, 0.6) is 0 Å². The fourth-order valence-electron chi connectivity index (χ4n) is 3.56. The highest BCUT2D eigenvalue weighted by molar-refractivity contribution is 5.92. The molecule has 1 heterocycles. The van der Waals surface area contributed by atoms with Gasteiger partial charge in [-0.15, -0.1) is 0 Å². The summed E-state index contributed by atoms with van der Waals surface area (Å²) in [5, 5.41) is 14.5. The fourth-order valence-corrected chi connectivity index (χ4v) is 3.56. The van der Waals surface area contributed by atoms with E-state index in [-0.39, 0.29) is 17.3 Å². The molecule has 1 aliphatic carbocycles. The number of carbonyl (C=O) groups excluding carboxylic acids is 1. The van der Waals surface area contributed by atoms with Gasteiger partial charge in [-0.3, -0.25) is 4.79 Å². The van der Waals surface area contributed by atoms with Gasteiger partial charge in [0, 0.05) is 12.1 Å². The van der Waals surface area contributed by atoms with Crippen LogP contribution in [-0.4, -0.2) is 33.6 Å². The summed E-state index contributed by atoms with van der Waals surface area (Å²) in [5.74, 6) is -0.936. The Morgan fingerprint density at radius 1 is 1.20 bits per heavy atom. The SMILES string of the molecule is O=C(Cc1ccccc1)N1N=C(C2CCCCC2)CC1(O)C(F)(F)F. The first kappa shape index (κ1) is 17.9. The molecule has 1 aromatic carbocycles. The molecule has 3 rings (SSSR count). The van der Waals surface area contributed by atoms with Gasteiger partial charge in [-0.2, -0.15) is 23.3 Å². The maximum atomic E-state index is 13.5. The van der Waals surface area contributed by atoms with Crippen LogP contribution in [0.15, 0.2) is 35.4 Å². The Balaban J connectivity index is 1.85. The molecule has 1 unspecified atom stereocenters. The maximum absolute atomic E-state index is 13.5. The zero-order chi connectivity index (χ0) is 18.1. The van der Waals surface area contributed by atoms with Crippen LogP contribution in [0, 0.1) is 5.92 Å². The molecule has 1 aliphatic heterocycles.